The van der Waals surface area contributed by atoms with Crippen molar-refractivity contribution in [3.63, 3.8) is 0 Å². The molecule has 1 nitrogen and oxygen atoms in total. The number of hydrogen-bond donors (Lipinski definition) is 1. The van der Waals surface area contributed by atoms with Crippen molar-refractivity contribution < 1.29 is 8.78 Å². The second kappa shape index (κ2) is 5.26. The third-order valence-corrected chi connectivity index (χ3v) is 3.80. The number of aryl methyl sites for hydroxylation is 1. The Bertz CT molecular complexity index is 806. The molecule has 0 aliphatic rings. The summed E-state index contributed by atoms with van der Waals surface area (Å²) in [7, 11) is 0. The smallest absolute Gasteiger partial charge is 0.164 e. The van der Waals surface area contributed by atoms with Crippen molar-refractivity contribution in [2.24, 2.45) is 5.73 Å². The van der Waals surface area contributed by atoms with E-state index in [1.54, 1.807) is 12.1 Å². The van der Waals surface area contributed by atoms with Crippen LogP contribution < -0.4 is 5.73 Å². The van der Waals surface area contributed by atoms with Gasteiger partial charge in [-0.3, -0.25) is 0 Å². The largest absolute Gasteiger partial charge is 0.320 e. The molecular formula is C18H15F2N. The molecule has 3 rings (SSSR count). The SMILES string of the molecule is Cc1ccc(C(N)c2cccc3ccccc23)c(F)c1F. The van der Waals surface area contributed by atoms with Gasteiger partial charge in [0, 0.05) is 5.56 Å². The lowest BCUT2D eigenvalue weighted by Crippen LogP contribution is -2.15. The summed E-state index contributed by atoms with van der Waals surface area (Å²) in [6.07, 6.45) is 0. The molecule has 1 atom stereocenters. The summed E-state index contributed by atoms with van der Waals surface area (Å²) < 4.78 is 27.9. The number of nitrogens with two attached hydrogens (primary N) is 1. The Morgan fingerprint density at radius 2 is 1.52 bits per heavy atom. The lowest BCUT2D eigenvalue weighted by molar-refractivity contribution is 0.489. The molecule has 21 heavy (non-hydrogen) atoms. The average Bonchev–Trinajstić information content (AvgIpc) is 2.51. The van der Waals surface area contributed by atoms with E-state index in [9.17, 15) is 8.78 Å². The van der Waals surface area contributed by atoms with Crippen LogP contribution in [0.3, 0.4) is 0 Å². The fraction of sp³-hybridized carbons (Fsp3) is 0.111. The van der Waals surface area contributed by atoms with Gasteiger partial charge in [0.15, 0.2) is 11.6 Å². The highest BCUT2D eigenvalue weighted by Gasteiger charge is 2.19. The third-order valence-electron chi connectivity index (χ3n) is 3.80. The minimum Gasteiger partial charge on any atom is -0.320 e. The molecule has 0 aliphatic carbocycles. The summed E-state index contributed by atoms with van der Waals surface area (Å²) in [5.74, 6) is -1.70. The molecule has 3 heteroatoms. The summed E-state index contributed by atoms with van der Waals surface area (Å²) in [6, 6.07) is 15.9. The maximum atomic E-state index is 14.1. The zero-order chi connectivity index (χ0) is 15.0. The van der Waals surface area contributed by atoms with E-state index in [0.717, 1.165) is 16.3 Å². The van der Waals surface area contributed by atoms with Gasteiger partial charge in [-0.2, -0.15) is 0 Å². The van der Waals surface area contributed by atoms with Crippen LogP contribution in [0.5, 0.6) is 0 Å². The summed E-state index contributed by atoms with van der Waals surface area (Å²) in [6.45, 7) is 1.53. The Balaban J connectivity index is 2.17. The van der Waals surface area contributed by atoms with Gasteiger partial charge >= 0.3 is 0 Å². The molecule has 0 aromatic heterocycles. The first kappa shape index (κ1) is 13.7. The molecule has 3 aromatic rings. The second-order valence-electron chi connectivity index (χ2n) is 5.15. The second-order valence-corrected chi connectivity index (χ2v) is 5.15. The maximum Gasteiger partial charge on any atom is 0.164 e. The number of benzene rings is 3. The first-order valence-corrected chi connectivity index (χ1v) is 6.77. The van der Waals surface area contributed by atoms with Crippen LogP contribution in [0.1, 0.15) is 22.7 Å². The minimum absolute atomic E-state index is 0.175. The molecule has 3 aromatic carbocycles. The van der Waals surface area contributed by atoms with Gasteiger partial charge in [-0.05, 0) is 28.8 Å². The van der Waals surface area contributed by atoms with Crippen LogP contribution in [0.25, 0.3) is 10.8 Å². The average molecular weight is 283 g/mol. The van der Waals surface area contributed by atoms with E-state index >= 15 is 0 Å². The summed E-state index contributed by atoms with van der Waals surface area (Å²) in [4.78, 5) is 0. The van der Waals surface area contributed by atoms with Crippen molar-refractivity contribution >= 4 is 10.8 Å². The van der Waals surface area contributed by atoms with Crippen molar-refractivity contribution in [2.45, 2.75) is 13.0 Å². The van der Waals surface area contributed by atoms with Gasteiger partial charge in [0.2, 0.25) is 0 Å². The molecule has 106 valence electrons. The highest BCUT2D eigenvalue weighted by molar-refractivity contribution is 5.86. The highest BCUT2D eigenvalue weighted by atomic mass is 19.2. The van der Waals surface area contributed by atoms with Crippen molar-refractivity contribution in [1.82, 2.24) is 0 Å². The van der Waals surface area contributed by atoms with Gasteiger partial charge in [-0.25, -0.2) is 8.78 Å². The van der Waals surface area contributed by atoms with Gasteiger partial charge in [-0.15, -0.1) is 0 Å². The van der Waals surface area contributed by atoms with Crippen LogP contribution in [0.2, 0.25) is 0 Å². The van der Waals surface area contributed by atoms with Crippen molar-refractivity contribution in [3.8, 4) is 0 Å². The molecule has 0 saturated carbocycles. The van der Waals surface area contributed by atoms with E-state index in [0.29, 0.717) is 0 Å². The van der Waals surface area contributed by atoms with Crippen molar-refractivity contribution in [3.05, 3.63) is 82.9 Å². The number of rotatable bonds is 2. The van der Waals surface area contributed by atoms with E-state index in [-0.39, 0.29) is 11.1 Å². The summed E-state index contributed by atoms with van der Waals surface area (Å²) >= 11 is 0. The molecule has 0 saturated heterocycles. The highest BCUT2D eigenvalue weighted by Crippen LogP contribution is 2.30. The van der Waals surface area contributed by atoms with Crippen LogP contribution in [-0.2, 0) is 0 Å². The Morgan fingerprint density at radius 3 is 2.33 bits per heavy atom. The molecule has 0 aliphatic heterocycles. The van der Waals surface area contributed by atoms with Gasteiger partial charge in [-0.1, -0.05) is 54.6 Å². The Morgan fingerprint density at radius 1 is 0.810 bits per heavy atom. The van der Waals surface area contributed by atoms with Crippen LogP contribution in [0.4, 0.5) is 8.78 Å². The standard InChI is InChI=1S/C18H15F2N/c1-11-9-10-15(17(20)16(11)19)18(21)14-8-4-6-12-5-2-3-7-13(12)14/h2-10,18H,21H2,1H3. The van der Waals surface area contributed by atoms with Crippen LogP contribution in [0, 0.1) is 18.6 Å². The number of halogens is 2. The first-order chi connectivity index (χ1) is 10.1. The van der Waals surface area contributed by atoms with Crippen LogP contribution in [-0.4, -0.2) is 0 Å². The maximum absolute atomic E-state index is 14.1. The molecule has 0 radical (unpaired) electrons. The molecule has 0 amide bonds. The Hall–Kier alpha value is -2.26. The number of hydrogen-bond acceptors (Lipinski definition) is 1. The predicted molar refractivity (Wildman–Crippen MR) is 81.1 cm³/mol. The van der Waals surface area contributed by atoms with E-state index in [1.165, 1.54) is 6.92 Å². The van der Waals surface area contributed by atoms with Crippen LogP contribution >= 0.6 is 0 Å². The third kappa shape index (κ3) is 2.30. The molecule has 2 N–H and O–H groups in total. The van der Waals surface area contributed by atoms with Gasteiger partial charge in [0.05, 0.1) is 6.04 Å². The molecule has 0 heterocycles. The van der Waals surface area contributed by atoms with E-state index in [2.05, 4.69) is 0 Å². The normalized spacial score (nSPS) is 12.6. The minimum atomic E-state index is -0.865. The number of fused-ring (bicyclic) bond motifs is 1. The fourth-order valence-corrected chi connectivity index (χ4v) is 2.59. The van der Waals surface area contributed by atoms with Crippen molar-refractivity contribution in [1.29, 1.82) is 0 Å². The van der Waals surface area contributed by atoms with Crippen molar-refractivity contribution in [2.75, 3.05) is 0 Å². The molecule has 0 spiro atoms. The summed E-state index contributed by atoms with van der Waals surface area (Å²) in [5, 5.41) is 1.98. The first-order valence-electron chi connectivity index (χ1n) is 6.77. The zero-order valence-electron chi connectivity index (χ0n) is 11.6. The Labute approximate surface area is 122 Å². The van der Waals surface area contributed by atoms with E-state index in [1.807, 2.05) is 42.5 Å². The van der Waals surface area contributed by atoms with Gasteiger partial charge in [0.25, 0.3) is 0 Å². The van der Waals surface area contributed by atoms with E-state index < -0.39 is 17.7 Å². The fourth-order valence-electron chi connectivity index (χ4n) is 2.59. The summed E-state index contributed by atoms with van der Waals surface area (Å²) in [5.41, 5.74) is 7.44. The van der Waals surface area contributed by atoms with Crippen LogP contribution in [0.15, 0.2) is 54.6 Å². The van der Waals surface area contributed by atoms with E-state index in [4.69, 9.17) is 5.73 Å². The molecule has 1 unspecified atom stereocenters. The quantitative estimate of drug-likeness (QED) is 0.737. The topological polar surface area (TPSA) is 26.0 Å². The zero-order valence-corrected chi connectivity index (χ0v) is 11.6. The lowest BCUT2D eigenvalue weighted by Gasteiger charge is -2.17. The Kier molecular flexibility index (Phi) is 3.43. The van der Waals surface area contributed by atoms with Gasteiger partial charge < -0.3 is 5.73 Å². The van der Waals surface area contributed by atoms with Gasteiger partial charge in [0.1, 0.15) is 0 Å². The lowest BCUT2D eigenvalue weighted by atomic mass is 9.93. The molecule has 0 bridgehead atoms. The molecular weight excluding hydrogens is 268 g/mol. The predicted octanol–water partition coefficient (Wildman–Crippen LogP) is 4.47. The molecule has 0 fully saturated rings. The monoisotopic (exact) mass is 283 g/mol.